The molecule has 0 saturated carbocycles. The summed E-state index contributed by atoms with van der Waals surface area (Å²) in [5.41, 5.74) is 1.65. The summed E-state index contributed by atoms with van der Waals surface area (Å²) in [6.45, 7) is 3.94. The number of pyridine rings is 1. The van der Waals surface area contributed by atoms with E-state index in [9.17, 15) is 9.90 Å². The molecule has 0 aliphatic carbocycles. The average molecular weight is 325 g/mol. The minimum atomic E-state index is -0.317. The lowest BCUT2D eigenvalue weighted by molar-refractivity contribution is 0.102. The predicted molar refractivity (Wildman–Crippen MR) is 84.4 cm³/mol. The zero-order chi connectivity index (χ0) is 15.6. The Balaban J connectivity index is 2.25. The van der Waals surface area contributed by atoms with E-state index in [0.717, 1.165) is 5.69 Å². The van der Waals surface area contributed by atoms with Gasteiger partial charge in [-0.1, -0.05) is 37.0 Å². The Hall–Kier alpha value is -1.78. The van der Waals surface area contributed by atoms with Crippen molar-refractivity contribution in [2.24, 2.45) is 0 Å². The number of halogens is 2. The Bertz CT molecular complexity index is 687. The first-order valence-corrected chi connectivity index (χ1v) is 7.09. The normalized spacial score (nSPS) is 10.7. The minimum absolute atomic E-state index is 0.0382. The molecule has 2 aromatic rings. The molecule has 21 heavy (non-hydrogen) atoms. The fourth-order valence-electron chi connectivity index (χ4n) is 1.73. The second kappa shape index (κ2) is 6.33. The number of hydrogen-bond donors (Lipinski definition) is 2. The van der Waals surface area contributed by atoms with Gasteiger partial charge in [0.2, 0.25) is 0 Å². The van der Waals surface area contributed by atoms with E-state index in [1.54, 1.807) is 12.1 Å². The van der Waals surface area contributed by atoms with Crippen LogP contribution in [0.2, 0.25) is 10.2 Å². The summed E-state index contributed by atoms with van der Waals surface area (Å²) in [5.74, 6) is -0.190. The molecule has 0 aliphatic rings. The number of aromatic hydroxyl groups is 1. The van der Waals surface area contributed by atoms with E-state index < -0.39 is 0 Å². The number of phenols is 1. The van der Waals surface area contributed by atoms with Crippen LogP contribution in [0.3, 0.4) is 0 Å². The zero-order valence-electron chi connectivity index (χ0n) is 11.5. The molecule has 4 nitrogen and oxygen atoms in total. The molecule has 0 spiro atoms. The van der Waals surface area contributed by atoms with Crippen LogP contribution in [0, 0.1) is 0 Å². The van der Waals surface area contributed by atoms with Crippen molar-refractivity contribution < 1.29 is 9.90 Å². The summed E-state index contributed by atoms with van der Waals surface area (Å²) >= 11 is 11.7. The Morgan fingerprint density at radius 1 is 1.24 bits per heavy atom. The predicted octanol–water partition coefficient (Wildman–Crippen LogP) is 4.47. The number of aromatic nitrogens is 1. The van der Waals surface area contributed by atoms with Crippen molar-refractivity contribution >= 4 is 34.8 Å². The Morgan fingerprint density at radius 3 is 2.57 bits per heavy atom. The molecule has 0 bridgehead atoms. The summed E-state index contributed by atoms with van der Waals surface area (Å²) < 4.78 is 0. The number of anilines is 1. The van der Waals surface area contributed by atoms with E-state index >= 15 is 0 Å². The van der Waals surface area contributed by atoms with Crippen LogP contribution in [0.1, 0.15) is 35.8 Å². The minimum Gasteiger partial charge on any atom is -0.506 e. The summed E-state index contributed by atoms with van der Waals surface area (Å²) in [6.07, 6.45) is 0. The molecule has 0 atom stereocenters. The third-order valence-electron chi connectivity index (χ3n) is 2.87. The number of nitrogens with one attached hydrogen (secondary N) is 1. The first-order chi connectivity index (χ1) is 9.86. The van der Waals surface area contributed by atoms with Gasteiger partial charge in [-0.3, -0.25) is 4.79 Å². The van der Waals surface area contributed by atoms with Crippen molar-refractivity contribution in [3.05, 3.63) is 51.8 Å². The van der Waals surface area contributed by atoms with E-state index in [-0.39, 0.29) is 27.8 Å². The third-order valence-corrected chi connectivity index (χ3v) is 3.37. The third kappa shape index (κ3) is 3.86. The number of rotatable bonds is 3. The van der Waals surface area contributed by atoms with Gasteiger partial charge >= 0.3 is 0 Å². The number of benzene rings is 1. The second-order valence-electron chi connectivity index (χ2n) is 4.88. The highest BCUT2D eigenvalue weighted by Gasteiger charge is 2.12. The van der Waals surface area contributed by atoms with Crippen molar-refractivity contribution in [3.8, 4) is 5.75 Å². The lowest BCUT2D eigenvalue weighted by Crippen LogP contribution is -2.13. The van der Waals surface area contributed by atoms with E-state index in [1.807, 2.05) is 13.8 Å². The van der Waals surface area contributed by atoms with Crippen LogP contribution < -0.4 is 5.32 Å². The Kier molecular flexibility index (Phi) is 4.70. The highest BCUT2D eigenvalue weighted by atomic mass is 35.5. The molecule has 1 aromatic heterocycles. The molecule has 2 N–H and O–H groups in total. The van der Waals surface area contributed by atoms with Gasteiger partial charge in [-0.15, -0.1) is 0 Å². The fourth-order valence-corrected chi connectivity index (χ4v) is 2.13. The molecule has 2 rings (SSSR count). The number of phenolic OH excluding ortho intramolecular Hbond substituents is 1. The van der Waals surface area contributed by atoms with Crippen molar-refractivity contribution in [1.82, 2.24) is 4.98 Å². The van der Waals surface area contributed by atoms with Crippen molar-refractivity contribution in [3.63, 3.8) is 0 Å². The number of amides is 1. The molecule has 0 saturated heterocycles. The van der Waals surface area contributed by atoms with Gasteiger partial charge in [0, 0.05) is 16.9 Å². The summed E-state index contributed by atoms with van der Waals surface area (Å²) in [4.78, 5) is 16.4. The standard InChI is InChI=1S/C15H14Cl2N2O2/c1-8(2)12-5-9(6-14(17)19-12)15(21)18-10-3-4-13(20)11(16)7-10/h3-8,20H,1-2H3,(H,18,21). The number of hydrogen-bond acceptors (Lipinski definition) is 3. The molecule has 1 aromatic carbocycles. The lowest BCUT2D eigenvalue weighted by Gasteiger charge is -2.10. The molecule has 6 heteroatoms. The number of carbonyl (C=O) groups excluding carboxylic acids is 1. The first kappa shape index (κ1) is 15.6. The second-order valence-corrected chi connectivity index (χ2v) is 5.67. The van der Waals surface area contributed by atoms with Gasteiger partial charge in [-0.2, -0.15) is 0 Å². The quantitative estimate of drug-likeness (QED) is 0.646. The van der Waals surface area contributed by atoms with Crippen LogP contribution in [0.25, 0.3) is 0 Å². The summed E-state index contributed by atoms with van der Waals surface area (Å²) in [7, 11) is 0. The van der Waals surface area contributed by atoms with Gasteiger partial charge in [0.25, 0.3) is 5.91 Å². The fraction of sp³-hybridized carbons (Fsp3) is 0.200. The van der Waals surface area contributed by atoms with Gasteiger partial charge in [0.1, 0.15) is 10.9 Å². The van der Waals surface area contributed by atoms with Crippen molar-refractivity contribution in [2.75, 3.05) is 5.32 Å². The van der Waals surface area contributed by atoms with Gasteiger partial charge in [0.05, 0.1) is 5.02 Å². The maximum Gasteiger partial charge on any atom is 0.255 e. The van der Waals surface area contributed by atoms with E-state index in [1.165, 1.54) is 18.2 Å². The van der Waals surface area contributed by atoms with Crippen molar-refractivity contribution in [1.29, 1.82) is 0 Å². The zero-order valence-corrected chi connectivity index (χ0v) is 13.0. The van der Waals surface area contributed by atoms with E-state index in [4.69, 9.17) is 23.2 Å². The smallest absolute Gasteiger partial charge is 0.255 e. The maximum absolute atomic E-state index is 12.2. The van der Waals surface area contributed by atoms with E-state index in [0.29, 0.717) is 11.3 Å². The van der Waals surface area contributed by atoms with Crippen LogP contribution in [0.15, 0.2) is 30.3 Å². The highest BCUT2D eigenvalue weighted by molar-refractivity contribution is 6.32. The molecular weight excluding hydrogens is 311 g/mol. The van der Waals surface area contributed by atoms with Crippen molar-refractivity contribution in [2.45, 2.75) is 19.8 Å². The number of nitrogens with zero attached hydrogens (tertiary/aromatic N) is 1. The highest BCUT2D eigenvalue weighted by Crippen LogP contribution is 2.26. The van der Waals surface area contributed by atoms with Gasteiger partial charge < -0.3 is 10.4 Å². The van der Waals surface area contributed by atoms with Crippen LogP contribution in [0.4, 0.5) is 5.69 Å². The van der Waals surface area contributed by atoms with Crippen LogP contribution in [-0.2, 0) is 0 Å². The number of carbonyl (C=O) groups is 1. The molecule has 1 amide bonds. The topological polar surface area (TPSA) is 62.2 Å². The molecule has 0 unspecified atom stereocenters. The summed E-state index contributed by atoms with van der Waals surface area (Å²) in [6, 6.07) is 7.65. The van der Waals surface area contributed by atoms with Crippen LogP contribution in [0.5, 0.6) is 5.75 Å². The molecule has 0 aliphatic heterocycles. The van der Waals surface area contributed by atoms with Gasteiger partial charge in [0.15, 0.2) is 0 Å². The summed E-state index contributed by atoms with van der Waals surface area (Å²) in [5, 5.41) is 12.5. The molecule has 110 valence electrons. The maximum atomic E-state index is 12.2. The largest absolute Gasteiger partial charge is 0.506 e. The SMILES string of the molecule is CC(C)c1cc(C(=O)Nc2ccc(O)c(Cl)c2)cc(Cl)n1. The molecule has 0 fully saturated rings. The lowest BCUT2D eigenvalue weighted by atomic mass is 10.1. The Morgan fingerprint density at radius 2 is 1.95 bits per heavy atom. The first-order valence-electron chi connectivity index (χ1n) is 6.34. The monoisotopic (exact) mass is 324 g/mol. The van der Waals surface area contributed by atoms with Crippen LogP contribution in [-0.4, -0.2) is 16.0 Å². The Labute approximate surface area is 132 Å². The van der Waals surface area contributed by atoms with Crippen LogP contribution >= 0.6 is 23.2 Å². The van der Waals surface area contributed by atoms with E-state index in [2.05, 4.69) is 10.3 Å². The van der Waals surface area contributed by atoms with Gasteiger partial charge in [-0.25, -0.2) is 4.98 Å². The molecule has 0 radical (unpaired) electrons. The van der Waals surface area contributed by atoms with Gasteiger partial charge in [-0.05, 0) is 36.2 Å². The average Bonchev–Trinajstić information content (AvgIpc) is 2.42. The molecule has 1 heterocycles. The molecular formula is C15H14Cl2N2O2.